The van der Waals surface area contributed by atoms with E-state index in [-0.39, 0.29) is 5.75 Å². The van der Waals surface area contributed by atoms with Crippen LogP contribution in [0.5, 0.6) is 0 Å². The second-order valence-electron chi connectivity index (χ2n) is 3.88. The molecule has 0 saturated carbocycles. The lowest BCUT2D eigenvalue weighted by molar-refractivity contribution is -0.136. The van der Waals surface area contributed by atoms with Crippen molar-refractivity contribution in [1.29, 1.82) is 0 Å². The van der Waals surface area contributed by atoms with Gasteiger partial charge in [0.05, 0.1) is 12.3 Å². The van der Waals surface area contributed by atoms with Crippen molar-refractivity contribution in [1.82, 2.24) is 25.5 Å². The molecule has 0 aliphatic carbocycles. The zero-order valence-corrected chi connectivity index (χ0v) is 12.1. The molecule has 0 saturated heterocycles. The molecule has 11 heteroatoms. The highest BCUT2D eigenvalue weighted by Gasteiger charge is 2.27. The average Bonchev–Trinajstić information content (AvgIpc) is 3.05. The van der Waals surface area contributed by atoms with Gasteiger partial charge in [0, 0.05) is 4.88 Å². The predicted molar refractivity (Wildman–Crippen MR) is 71.0 cm³/mol. The third kappa shape index (κ3) is 5.34. The van der Waals surface area contributed by atoms with Crippen molar-refractivity contribution in [2.45, 2.75) is 17.9 Å². The number of hydrogen-bond acceptors (Lipinski definition) is 6. The van der Waals surface area contributed by atoms with Gasteiger partial charge in [-0.1, -0.05) is 17.8 Å². The zero-order chi connectivity index (χ0) is 15.3. The van der Waals surface area contributed by atoms with Crippen LogP contribution in [0.2, 0.25) is 0 Å². The van der Waals surface area contributed by atoms with E-state index < -0.39 is 18.6 Å². The van der Waals surface area contributed by atoms with Crippen molar-refractivity contribution in [3.05, 3.63) is 22.4 Å². The van der Waals surface area contributed by atoms with Crippen LogP contribution in [0, 0.1) is 0 Å². The normalized spacial score (nSPS) is 11.6. The minimum Gasteiger partial charge on any atom is -0.346 e. The number of amides is 1. The van der Waals surface area contributed by atoms with E-state index in [0.717, 1.165) is 16.6 Å². The predicted octanol–water partition coefficient (Wildman–Crippen LogP) is 1.55. The smallest absolute Gasteiger partial charge is 0.346 e. The number of tetrazole rings is 1. The van der Waals surface area contributed by atoms with Crippen LogP contribution < -0.4 is 5.32 Å². The second kappa shape index (κ2) is 6.89. The largest absolute Gasteiger partial charge is 0.405 e. The molecule has 2 rings (SSSR count). The number of carbonyl (C=O) groups is 1. The summed E-state index contributed by atoms with van der Waals surface area (Å²) in [6, 6.07) is 3.80. The number of hydrogen-bond donors (Lipinski definition) is 1. The van der Waals surface area contributed by atoms with Crippen molar-refractivity contribution < 1.29 is 18.0 Å². The molecule has 2 aromatic rings. The molecule has 0 bridgehead atoms. The van der Waals surface area contributed by atoms with E-state index in [9.17, 15) is 18.0 Å². The van der Waals surface area contributed by atoms with E-state index >= 15 is 0 Å². The standard InChI is InChI=1S/C10H10F3N5OS2/c11-10(12,13)6-14-8(19)5-21-9-15-16-17-18(9)4-7-2-1-3-20-7/h1-3H,4-6H2,(H,14,19). The van der Waals surface area contributed by atoms with Crippen LogP contribution in [0.4, 0.5) is 13.2 Å². The van der Waals surface area contributed by atoms with Crippen molar-refractivity contribution in [3.8, 4) is 0 Å². The van der Waals surface area contributed by atoms with Gasteiger partial charge >= 0.3 is 6.18 Å². The maximum absolute atomic E-state index is 11.9. The minimum atomic E-state index is -4.42. The van der Waals surface area contributed by atoms with Gasteiger partial charge in [-0.3, -0.25) is 4.79 Å². The molecule has 0 spiro atoms. The van der Waals surface area contributed by atoms with Crippen LogP contribution in [0.3, 0.4) is 0 Å². The van der Waals surface area contributed by atoms with Crippen LogP contribution in [-0.2, 0) is 11.3 Å². The first-order chi connectivity index (χ1) is 9.94. The van der Waals surface area contributed by atoms with E-state index in [4.69, 9.17) is 0 Å². The van der Waals surface area contributed by atoms with Gasteiger partial charge in [0.2, 0.25) is 11.1 Å². The van der Waals surface area contributed by atoms with Gasteiger partial charge in [-0.05, 0) is 21.9 Å². The summed E-state index contributed by atoms with van der Waals surface area (Å²) in [5.41, 5.74) is 0. The Morgan fingerprint density at radius 1 is 1.48 bits per heavy atom. The molecule has 0 unspecified atom stereocenters. The number of rotatable bonds is 6. The molecule has 0 atom stereocenters. The highest BCUT2D eigenvalue weighted by atomic mass is 32.2. The molecule has 2 aromatic heterocycles. The third-order valence-electron chi connectivity index (χ3n) is 2.20. The first-order valence-electron chi connectivity index (χ1n) is 5.69. The molecule has 6 nitrogen and oxygen atoms in total. The number of alkyl halides is 3. The van der Waals surface area contributed by atoms with Gasteiger partial charge in [-0.2, -0.15) is 13.2 Å². The maximum Gasteiger partial charge on any atom is 0.405 e. The molecule has 0 radical (unpaired) electrons. The Hall–Kier alpha value is -1.62. The zero-order valence-electron chi connectivity index (χ0n) is 10.5. The van der Waals surface area contributed by atoms with Gasteiger partial charge in [-0.25, -0.2) is 4.68 Å². The Balaban J connectivity index is 1.84. The van der Waals surface area contributed by atoms with E-state index in [2.05, 4.69) is 15.5 Å². The molecule has 0 fully saturated rings. The number of thiophene rings is 1. The van der Waals surface area contributed by atoms with Crippen LogP contribution >= 0.6 is 23.1 Å². The van der Waals surface area contributed by atoms with Crippen molar-refractivity contribution in [3.63, 3.8) is 0 Å². The first kappa shape index (κ1) is 15.8. The Morgan fingerprint density at radius 3 is 2.95 bits per heavy atom. The summed E-state index contributed by atoms with van der Waals surface area (Å²) in [6.07, 6.45) is -4.42. The van der Waals surface area contributed by atoms with Gasteiger partial charge in [0.15, 0.2) is 0 Å². The van der Waals surface area contributed by atoms with E-state index in [1.165, 1.54) is 16.0 Å². The quantitative estimate of drug-likeness (QED) is 0.810. The second-order valence-corrected chi connectivity index (χ2v) is 5.85. The Kier molecular flexibility index (Phi) is 5.17. The average molecular weight is 337 g/mol. The topological polar surface area (TPSA) is 72.7 Å². The van der Waals surface area contributed by atoms with Crippen LogP contribution in [-0.4, -0.2) is 44.6 Å². The Morgan fingerprint density at radius 2 is 2.29 bits per heavy atom. The number of nitrogens with zero attached hydrogens (tertiary/aromatic N) is 4. The fraction of sp³-hybridized carbons (Fsp3) is 0.400. The molecule has 1 amide bonds. The summed E-state index contributed by atoms with van der Waals surface area (Å²) in [6.45, 7) is -0.885. The van der Waals surface area contributed by atoms with Crippen molar-refractivity contribution in [2.24, 2.45) is 0 Å². The lowest BCUT2D eigenvalue weighted by atomic mass is 10.5. The molecule has 1 N–H and O–H groups in total. The highest BCUT2D eigenvalue weighted by Crippen LogP contribution is 2.17. The summed E-state index contributed by atoms with van der Waals surface area (Å²) >= 11 is 2.52. The Bertz CT molecular complexity index is 584. The summed E-state index contributed by atoms with van der Waals surface area (Å²) in [7, 11) is 0. The summed E-state index contributed by atoms with van der Waals surface area (Å²) in [5, 5.41) is 15.1. The molecule has 0 aliphatic rings. The molecule has 0 aliphatic heterocycles. The van der Waals surface area contributed by atoms with Gasteiger partial charge in [-0.15, -0.1) is 16.4 Å². The van der Waals surface area contributed by atoms with Gasteiger partial charge in [0.25, 0.3) is 0 Å². The van der Waals surface area contributed by atoms with Gasteiger partial charge in [0.1, 0.15) is 6.54 Å². The van der Waals surface area contributed by atoms with Crippen LogP contribution in [0.25, 0.3) is 0 Å². The highest BCUT2D eigenvalue weighted by molar-refractivity contribution is 7.99. The van der Waals surface area contributed by atoms with E-state index in [0.29, 0.717) is 11.7 Å². The van der Waals surface area contributed by atoms with Crippen molar-refractivity contribution in [2.75, 3.05) is 12.3 Å². The van der Waals surface area contributed by atoms with E-state index in [1.807, 2.05) is 17.5 Å². The number of thioether (sulfide) groups is 1. The molecule has 114 valence electrons. The van der Waals surface area contributed by atoms with Crippen molar-refractivity contribution >= 4 is 29.0 Å². The SMILES string of the molecule is O=C(CSc1nnnn1Cc1cccs1)NCC(F)(F)F. The molecule has 0 aromatic carbocycles. The summed E-state index contributed by atoms with van der Waals surface area (Å²) in [4.78, 5) is 12.3. The minimum absolute atomic E-state index is 0.180. The van der Waals surface area contributed by atoms with Crippen LogP contribution in [0.15, 0.2) is 22.7 Å². The van der Waals surface area contributed by atoms with E-state index in [1.54, 1.807) is 5.32 Å². The number of nitrogens with one attached hydrogen (secondary N) is 1. The van der Waals surface area contributed by atoms with Crippen LogP contribution in [0.1, 0.15) is 4.88 Å². The summed E-state index contributed by atoms with van der Waals surface area (Å²) < 4.78 is 37.3. The molecule has 2 heterocycles. The molecule has 21 heavy (non-hydrogen) atoms. The number of aromatic nitrogens is 4. The maximum atomic E-state index is 11.9. The monoisotopic (exact) mass is 337 g/mol. The third-order valence-corrected chi connectivity index (χ3v) is 4.02. The number of halogens is 3. The Labute approximate surface area is 125 Å². The fourth-order valence-corrected chi connectivity index (χ4v) is 2.72. The first-order valence-corrected chi connectivity index (χ1v) is 7.55. The lowest BCUT2D eigenvalue weighted by Gasteiger charge is -2.07. The lowest BCUT2D eigenvalue weighted by Crippen LogP contribution is -2.34. The molecular formula is C10H10F3N5OS2. The molecular weight excluding hydrogens is 327 g/mol. The fourth-order valence-electron chi connectivity index (χ4n) is 1.33. The summed E-state index contributed by atoms with van der Waals surface area (Å²) in [5.74, 6) is -0.899. The number of carbonyl (C=O) groups excluding carboxylic acids is 1. The van der Waals surface area contributed by atoms with Gasteiger partial charge < -0.3 is 5.32 Å².